The third-order valence-corrected chi connectivity index (χ3v) is 5.43. The molecule has 0 saturated carbocycles. The van der Waals surface area contributed by atoms with Gasteiger partial charge in [-0.2, -0.15) is 0 Å². The van der Waals surface area contributed by atoms with Gasteiger partial charge in [0.05, 0.1) is 0 Å². The van der Waals surface area contributed by atoms with Crippen LogP contribution in [0.15, 0.2) is 30.7 Å². The first-order valence-corrected chi connectivity index (χ1v) is 9.51. The Kier molecular flexibility index (Phi) is 3.92. The van der Waals surface area contributed by atoms with Crippen LogP contribution in [0.1, 0.15) is 25.1 Å². The summed E-state index contributed by atoms with van der Waals surface area (Å²) in [6.45, 7) is 4.75. The number of hydrogen-bond acceptors (Lipinski definition) is 6. The summed E-state index contributed by atoms with van der Waals surface area (Å²) in [4.78, 5) is 23.2. The lowest BCUT2D eigenvalue weighted by Gasteiger charge is -2.35. The van der Waals surface area contributed by atoms with E-state index in [1.165, 1.54) is 25.1 Å². The monoisotopic (exact) mass is 349 g/mol. The Morgan fingerprint density at radius 1 is 0.808 bits per heavy atom. The second-order valence-corrected chi connectivity index (χ2v) is 7.02. The number of anilines is 2. The largest absolute Gasteiger partial charge is 0.353 e. The van der Waals surface area contributed by atoms with E-state index in [4.69, 9.17) is 4.98 Å². The Balaban J connectivity index is 1.42. The van der Waals surface area contributed by atoms with Gasteiger partial charge in [-0.1, -0.05) is 12.5 Å². The van der Waals surface area contributed by atoms with Crippen molar-refractivity contribution in [3.05, 3.63) is 36.5 Å². The molecular weight excluding hydrogens is 326 g/mol. The van der Waals surface area contributed by atoms with Crippen LogP contribution in [0.4, 0.5) is 11.6 Å². The molecule has 26 heavy (non-hydrogen) atoms. The van der Waals surface area contributed by atoms with Gasteiger partial charge in [-0.15, -0.1) is 0 Å². The molecule has 0 atom stereocenters. The molecule has 0 N–H and O–H groups in total. The van der Waals surface area contributed by atoms with Gasteiger partial charge < -0.3 is 14.4 Å². The second kappa shape index (κ2) is 6.55. The molecule has 134 valence electrons. The summed E-state index contributed by atoms with van der Waals surface area (Å²) in [6.07, 6.45) is 8.30. The van der Waals surface area contributed by atoms with Crippen molar-refractivity contribution in [3.63, 3.8) is 0 Å². The van der Waals surface area contributed by atoms with Gasteiger partial charge in [0.25, 0.3) is 0 Å². The maximum absolute atomic E-state index is 4.94. The van der Waals surface area contributed by atoms with Crippen molar-refractivity contribution in [1.82, 2.24) is 24.5 Å². The Morgan fingerprint density at radius 2 is 1.69 bits per heavy atom. The van der Waals surface area contributed by atoms with Gasteiger partial charge in [-0.05, 0) is 25.0 Å². The number of piperazine rings is 1. The van der Waals surface area contributed by atoms with Crippen LogP contribution >= 0.6 is 0 Å². The lowest BCUT2D eigenvalue weighted by molar-refractivity contribution is 0.639. The highest BCUT2D eigenvalue weighted by atomic mass is 15.3. The SMILES string of the molecule is c1ccc(N2CCN(c3ncnc4c3nc3n4CCCCC3)CC2)nc1. The summed E-state index contributed by atoms with van der Waals surface area (Å²) < 4.78 is 2.30. The molecule has 2 aliphatic rings. The van der Waals surface area contributed by atoms with Crippen molar-refractivity contribution >= 4 is 22.8 Å². The highest BCUT2D eigenvalue weighted by Crippen LogP contribution is 2.27. The summed E-state index contributed by atoms with van der Waals surface area (Å²) in [5.74, 6) is 3.20. The molecule has 7 heteroatoms. The van der Waals surface area contributed by atoms with E-state index in [1.54, 1.807) is 6.33 Å². The molecule has 1 fully saturated rings. The maximum atomic E-state index is 4.94. The minimum Gasteiger partial charge on any atom is -0.353 e. The number of rotatable bonds is 2. The van der Waals surface area contributed by atoms with Gasteiger partial charge in [0.1, 0.15) is 18.0 Å². The highest BCUT2D eigenvalue weighted by Gasteiger charge is 2.24. The predicted molar refractivity (Wildman–Crippen MR) is 102 cm³/mol. The van der Waals surface area contributed by atoms with E-state index in [1.807, 2.05) is 18.3 Å². The summed E-state index contributed by atoms with van der Waals surface area (Å²) >= 11 is 0. The van der Waals surface area contributed by atoms with Gasteiger partial charge in [-0.3, -0.25) is 0 Å². The van der Waals surface area contributed by atoms with Crippen LogP contribution in [0.3, 0.4) is 0 Å². The average molecular weight is 349 g/mol. The molecule has 3 aromatic heterocycles. The summed E-state index contributed by atoms with van der Waals surface area (Å²) in [6, 6.07) is 6.08. The molecule has 0 amide bonds. The molecule has 0 bridgehead atoms. The molecule has 5 rings (SSSR count). The number of nitrogens with zero attached hydrogens (tertiary/aromatic N) is 7. The summed E-state index contributed by atoms with van der Waals surface area (Å²) in [7, 11) is 0. The average Bonchev–Trinajstić information content (AvgIpc) is 2.90. The van der Waals surface area contributed by atoms with E-state index in [-0.39, 0.29) is 0 Å². The van der Waals surface area contributed by atoms with Crippen LogP contribution in [-0.4, -0.2) is 50.7 Å². The van der Waals surface area contributed by atoms with Crippen LogP contribution in [-0.2, 0) is 13.0 Å². The zero-order valence-electron chi connectivity index (χ0n) is 14.9. The first kappa shape index (κ1) is 15.5. The van der Waals surface area contributed by atoms with E-state index in [9.17, 15) is 0 Å². The van der Waals surface area contributed by atoms with Gasteiger partial charge in [0.2, 0.25) is 0 Å². The van der Waals surface area contributed by atoms with E-state index < -0.39 is 0 Å². The standard InChI is InChI=1S/C19H23N7/c1-2-7-16-23-17-18(21-14-22-19(17)26(16)9-5-1)25-12-10-24(11-13-25)15-6-3-4-8-20-15/h3-4,6,8,14H,1-2,5,7,9-13H2. The zero-order chi connectivity index (χ0) is 17.3. The van der Waals surface area contributed by atoms with E-state index in [0.717, 1.165) is 61.9 Å². The van der Waals surface area contributed by atoms with E-state index >= 15 is 0 Å². The number of aryl methyl sites for hydroxylation is 2. The Hall–Kier alpha value is -2.70. The summed E-state index contributed by atoms with van der Waals surface area (Å²) in [5, 5.41) is 0. The van der Waals surface area contributed by atoms with E-state index in [0.29, 0.717) is 0 Å². The molecule has 0 aromatic carbocycles. The minimum absolute atomic E-state index is 0.922. The third kappa shape index (κ3) is 2.67. The first-order chi connectivity index (χ1) is 12.9. The molecule has 3 aromatic rings. The van der Waals surface area contributed by atoms with Crippen LogP contribution in [0.2, 0.25) is 0 Å². The molecule has 2 aliphatic heterocycles. The topological polar surface area (TPSA) is 63.0 Å². The van der Waals surface area contributed by atoms with Crippen molar-refractivity contribution in [2.75, 3.05) is 36.0 Å². The van der Waals surface area contributed by atoms with Gasteiger partial charge in [-0.25, -0.2) is 19.9 Å². The number of fused-ring (bicyclic) bond motifs is 3. The van der Waals surface area contributed by atoms with Crippen LogP contribution in [0.5, 0.6) is 0 Å². The maximum Gasteiger partial charge on any atom is 0.165 e. The second-order valence-electron chi connectivity index (χ2n) is 7.02. The van der Waals surface area contributed by atoms with Gasteiger partial charge >= 0.3 is 0 Å². The molecule has 1 saturated heterocycles. The smallest absolute Gasteiger partial charge is 0.165 e. The fourth-order valence-electron chi connectivity index (χ4n) is 4.04. The third-order valence-electron chi connectivity index (χ3n) is 5.43. The highest BCUT2D eigenvalue weighted by molar-refractivity contribution is 5.84. The van der Waals surface area contributed by atoms with E-state index in [2.05, 4.69) is 35.4 Å². The summed E-state index contributed by atoms with van der Waals surface area (Å²) in [5.41, 5.74) is 1.97. The zero-order valence-corrected chi connectivity index (χ0v) is 14.9. The van der Waals surface area contributed by atoms with Crippen molar-refractivity contribution in [2.45, 2.75) is 32.2 Å². The number of aromatic nitrogens is 5. The Labute approximate surface area is 152 Å². The molecule has 0 aliphatic carbocycles. The van der Waals surface area contributed by atoms with Crippen molar-refractivity contribution in [3.8, 4) is 0 Å². The predicted octanol–water partition coefficient (Wildman–Crippen LogP) is 2.27. The Bertz CT molecular complexity index is 897. The number of imidazole rings is 1. The van der Waals surface area contributed by atoms with Crippen molar-refractivity contribution in [1.29, 1.82) is 0 Å². The molecule has 7 nitrogen and oxygen atoms in total. The molecular formula is C19H23N7. The minimum atomic E-state index is 0.922. The fraction of sp³-hybridized carbons (Fsp3) is 0.474. The Morgan fingerprint density at radius 3 is 2.54 bits per heavy atom. The lowest BCUT2D eigenvalue weighted by atomic mass is 10.2. The molecule has 0 radical (unpaired) electrons. The fourth-order valence-corrected chi connectivity index (χ4v) is 4.04. The molecule has 0 unspecified atom stereocenters. The van der Waals surface area contributed by atoms with Crippen LogP contribution in [0.25, 0.3) is 11.2 Å². The van der Waals surface area contributed by atoms with Crippen LogP contribution < -0.4 is 9.80 Å². The van der Waals surface area contributed by atoms with Crippen molar-refractivity contribution in [2.24, 2.45) is 0 Å². The molecule has 5 heterocycles. The number of pyridine rings is 1. The van der Waals surface area contributed by atoms with Crippen molar-refractivity contribution < 1.29 is 0 Å². The lowest BCUT2D eigenvalue weighted by Crippen LogP contribution is -2.47. The number of hydrogen-bond donors (Lipinski definition) is 0. The normalized spacial score (nSPS) is 18.0. The quantitative estimate of drug-likeness (QED) is 0.707. The van der Waals surface area contributed by atoms with Crippen LogP contribution in [0, 0.1) is 0 Å². The molecule has 0 spiro atoms. The first-order valence-electron chi connectivity index (χ1n) is 9.51. The van der Waals surface area contributed by atoms with Gasteiger partial charge in [0.15, 0.2) is 17.0 Å². The van der Waals surface area contributed by atoms with Gasteiger partial charge in [0, 0.05) is 45.3 Å².